The molecule has 5 heteroatoms. The summed E-state index contributed by atoms with van der Waals surface area (Å²) in [7, 11) is 0. The minimum absolute atomic E-state index is 0.0631. The number of amides is 1. The molecule has 1 aliphatic rings. The summed E-state index contributed by atoms with van der Waals surface area (Å²) in [5.74, 6) is -0.401. The Morgan fingerprint density at radius 3 is 2.73 bits per heavy atom. The molecule has 1 aliphatic heterocycles. The number of carboxylic acids is 1. The fourth-order valence-corrected chi connectivity index (χ4v) is 3.45. The average molecular weight is 368 g/mol. The monoisotopic (exact) mass is 367 g/mol. The first-order valence-corrected chi connectivity index (χ1v) is 8.45. The zero-order chi connectivity index (χ0) is 16.3. The molecule has 0 bridgehead atoms. The van der Waals surface area contributed by atoms with Gasteiger partial charge in [0.2, 0.25) is 0 Å². The van der Waals surface area contributed by atoms with Gasteiger partial charge in [-0.05, 0) is 62.3 Å². The Labute approximate surface area is 139 Å². The molecule has 2 rings (SSSR count). The lowest BCUT2D eigenvalue weighted by atomic mass is 9.92. The Kier molecular flexibility index (Phi) is 5.62. The van der Waals surface area contributed by atoms with Gasteiger partial charge in [0.15, 0.2) is 0 Å². The minimum Gasteiger partial charge on any atom is -0.481 e. The summed E-state index contributed by atoms with van der Waals surface area (Å²) in [6, 6.07) is 3.91. The molecule has 1 aromatic rings. The van der Waals surface area contributed by atoms with Crippen molar-refractivity contribution in [3.63, 3.8) is 0 Å². The van der Waals surface area contributed by atoms with E-state index >= 15 is 0 Å². The highest BCUT2D eigenvalue weighted by molar-refractivity contribution is 9.10. The number of aliphatic carboxylic acids is 1. The van der Waals surface area contributed by atoms with Crippen LogP contribution in [0.5, 0.6) is 0 Å². The molecule has 0 spiro atoms. The van der Waals surface area contributed by atoms with Gasteiger partial charge in [0.05, 0.1) is 0 Å². The highest BCUT2D eigenvalue weighted by Gasteiger charge is 2.25. The second-order valence-corrected chi connectivity index (χ2v) is 6.96. The average Bonchev–Trinajstić information content (AvgIpc) is 2.48. The predicted molar refractivity (Wildman–Crippen MR) is 89.1 cm³/mol. The molecule has 1 N–H and O–H groups in total. The summed E-state index contributed by atoms with van der Waals surface area (Å²) in [5.41, 5.74) is 2.77. The summed E-state index contributed by atoms with van der Waals surface area (Å²) in [6.07, 6.45) is 2.79. The van der Waals surface area contributed by atoms with E-state index in [1.807, 2.05) is 30.9 Å². The number of rotatable bonds is 4. The molecule has 4 nitrogen and oxygen atoms in total. The molecule has 1 fully saturated rings. The van der Waals surface area contributed by atoms with Crippen molar-refractivity contribution in [3.05, 3.63) is 33.3 Å². The third-order valence-corrected chi connectivity index (χ3v) is 5.16. The minimum atomic E-state index is -0.761. The molecule has 0 aliphatic carbocycles. The molecule has 22 heavy (non-hydrogen) atoms. The van der Waals surface area contributed by atoms with E-state index in [1.54, 1.807) is 0 Å². The summed E-state index contributed by atoms with van der Waals surface area (Å²) < 4.78 is 1.01. The topological polar surface area (TPSA) is 57.6 Å². The second-order valence-electron chi connectivity index (χ2n) is 6.11. The van der Waals surface area contributed by atoms with E-state index in [9.17, 15) is 9.59 Å². The zero-order valence-corrected chi connectivity index (χ0v) is 14.6. The van der Waals surface area contributed by atoms with Gasteiger partial charge in [-0.15, -0.1) is 0 Å². The Hall–Kier alpha value is -1.36. The van der Waals surface area contributed by atoms with E-state index in [2.05, 4.69) is 15.9 Å². The lowest BCUT2D eigenvalue weighted by Gasteiger charge is -2.33. The van der Waals surface area contributed by atoms with E-state index in [1.165, 1.54) is 0 Å². The van der Waals surface area contributed by atoms with Crippen LogP contribution in [0.4, 0.5) is 0 Å². The molecule has 1 atom stereocenters. The first kappa shape index (κ1) is 17.0. The molecule has 0 saturated carbocycles. The Morgan fingerprint density at radius 2 is 2.05 bits per heavy atom. The van der Waals surface area contributed by atoms with E-state index in [0.29, 0.717) is 18.9 Å². The van der Waals surface area contributed by atoms with Crippen LogP contribution in [0.25, 0.3) is 0 Å². The lowest BCUT2D eigenvalue weighted by Crippen LogP contribution is -2.40. The molecule has 1 saturated heterocycles. The van der Waals surface area contributed by atoms with Gasteiger partial charge in [-0.25, -0.2) is 0 Å². The van der Waals surface area contributed by atoms with Crippen molar-refractivity contribution >= 4 is 27.8 Å². The summed E-state index contributed by atoms with van der Waals surface area (Å²) in [6.45, 7) is 5.35. The molecule has 1 amide bonds. The van der Waals surface area contributed by atoms with Crippen molar-refractivity contribution < 1.29 is 14.7 Å². The van der Waals surface area contributed by atoms with E-state index < -0.39 is 5.97 Å². The summed E-state index contributed by atoms with van der Waals surface area (Å²) >= 11 is 3.49. The van der Waals surface area contributed by atoms with Crippen LogP contribution in [0.1, 0.15) is 47.2 Å². The largest absolute Gasteiger partial charge is 0.481 e. The number of likely N-dealkylation sites (tertiary alicyclic amines) is 1. The normalized spacial score (nSPS) is 18.3. The number of nitrogens with zero attached hydrogens (tertiary/aromatic N) is 1. The van der Waals surface area contributed by atoms with Crippen molar-refractivity contribution in [2.24, 2.45) is 5.92 Å². The summed E-state index contributed by atoms with van der Waals surface area (Å²) in [4.78, 5) is 25.4. The zero-order valence-electron chi connectivity index (χ0n) is 13.1. The van der Waals surface area contributed by atoms with Crippen LogP contribution in [0.3, 0.4) is 0 Å². The van der Waals surface area contributed by atoms with Crippen molar-refractivity contribution in [3.8, 4) is 0 Å². The number of carbonyl (C=O) groups excluding carboxylic acids is 1. The fraction of sp³-hybridized carbons (Fsp3) is 0.529. The number of benzene rings is 1. The van der Waals surface area contributed by atoms with Gasteiger partial charge >= 0.3 is 5.97 Å². The van der Waals surface area contributed by atoms with Crippen LogP contribution < -0.4 is 0 Å². The van der Waals surface area contributed by atoms with Crippen molar-refractivity contribution in [2.45, 2.75) is 39.5 Å². The molecule has 1 heterocycles. The van der Waals surface area contributed by atoms with Crippen LogP contribution in [0, 0.1) is 19.8 Å². The maximum absolute atomic E-state index is 12.8. The number of piperidine rings is 1. The molecule has 120 valence electrons. The lowest BCUT2D eigenvalue weighted by molar-refractivity contribution is -0.137. The number of carboxylic acid groups (broad SMARTS) is 1. The maximum Gasteiger partial charge on any atom is 0.303 e. The molecule has 0 radical (unpaired) electrons. The smallest absolute Gasteiger partial charge is 0.303 e. The highest BCUT2D eigenvalue weighted by Crippen LogP contribution is 2.26. The van der Waals surface area contributed by atoms with Crippen molar-refractivity contribution in [2.75, 3.05) is 13.1 Å². The van der Waals surface area contributed by atoms with Crippen molar-refractivity contribution in [1.82, 2.24) is 4.90 Å². The molecule has 0 aromatic heterocycles. The van der Waals surface area contributed by atoms with Gasteiger partial charge in [0.25, 0.3) is 5.91 Å². The van der Waals surface area contributed by atoms with Gasteiger partial charge in [0.1, 0.15) is 0 Å². The number of hydrogen-bond acceptors (Lipinski definition) is 2. The number of hydrogen-bond donors (Lipinski definition) is 1. The second kappa shape index (κ2) is 7.27. The standard InChI is InChI=1S/C17H22BrNO3/c1-11-9-15(18)12(2)8-14(11)17(22)19-7-3-4-13(10-19)5-6-16(20)21/h8-9,13H,3-7,10H2,1-2H3,(H,20,21). The maximum atomic E-state index is 12.8. The highest BCUT2D eigenvalue weighted by atomic mass is 79.9. The molecular weight excluding hydrogens is 346 g/mol. The van der Waals surface area contributed by atoms with Crippen LogP contribution in [0.15, 0.2) is 16.6 Å². The Morgan fingerprint density at radius 1 is 1.32 bits per heavy atom. The molecule has 1 unspecified atom stereocenters. The summed E-state index contributed by atoms with van der Waals surface area (Å²) in [5, 5.41) is 8.81. The van der Waals surface area contributed by atoms with E-state index in [4.69, 9.17) is 5.11 Å². The van der Waals surface area contributed by atoms with Crippen LogP contribution in [-0.2, 0) is 4.79 Å². The first-order chi connectivity index (χ1) is 10.4. The van der Waals surface area contributed by atoms with E-state index in [-0.39, 0.29) is 12.3 Å². The third kappa shape index (κ3) is 4.09. The SMILES string of the molecule is Cc1cc(C(=O)N2CCCC(CCC(=O)O)C2)c(C)cc1Br. The van der Waals surface area contributed by atoms with Crippen LogP contribution >= 0.6 is 15.9 Å². The fourth-order valence-electron chi connectivity index (χ4n) is 2.99. The van der Waals surface area contributed by atoms with Gasteiger partial charge in [-0.2, -0.15) is 0 Å². The Bertz CT molecular complexity index is 586. The predicted octanol–water partition coefficient (Wildman–Crippen LogP) is 3.78. The van der Waals surface area contributed by atoms with Crippen molar-refractivity contribution in [1.29, 1.82) is 0 Å². The van der Waals surface area contributed by atoms with E-state index in [0.717, 1.165) is 40.5 Å². The third-order valence-electron chi connectivity index (χ3n) is 4.31. The molecular formula is C17H22BrNO3. The number of halogens is 1. The van der Waals surface area contributed by atoms with Crippen LogP contribution in [0.2, 0.25) is 0 Å². The van der Waals surface area contributed by atoms with Gasteiger partial charge in [0, 0.05) is 29.5 Å². The first-order valence-electron chi connectivity index (χ1n) is 7.66. The van der Waals surface area contributed by atoms with Gasteiger partial charge in [-0.3, -0.25) is 9.59 Å². The quantitative estimate of drug-likeness (QED) is 0.880. The van der Waals surface area contributed by atoms with Crippen LogP contribution in [-0.4, -0.2) is 35.0 Å². The van der Waals surface area contributed by atoms with Gasteiger partial charge < -0.3 is 10.0 Å². The number of carbonyl (C=O) groups is 2. The Balaban J connectivity index is 2.09. The van der Waals surface area contributed by atoms with Gasteiger partial charge in [-0.1, -0.05) is 15.9 Å². The molecule has 1 aromatic carbocycles. The number of aryl methyl sites for hydroxylation is 2.